The van der Waals surface area contributed by atoms with E-state index in [9.17, 15) is 13.2 Å². The molecule has 0 unspecified atom stereocenters. The van der Waals surface area contributed by atoms with Gasteiger partial charge in [-0.15, -0.1) is 0 Å². The third kappa shape index (κ3) is 1.82. The van der Waals surface area contributed by atoms with Gasteiger partial charge in [-0.25, -0.2) is 0 Å². The van der Waals surface area contributed by atoms with Crippen LogP contribution in [0.3, 0.4) is 0 Å². The second-order valence-electron chi connectivity index (χ2n) is 2.21. The Kier molecular flexibility index (Phi) is 2.19. The topological polar surface area (TPSA) is 12.0 Å². The smallest absolute Gasteiger partial charge is 0.360 e. The summed E-state index contributed by atoms with van der Waals surface area (Å²) in [7, 11) is 0. The van der Waals surface area contributed by atoms with Gasteiger partial charge < -0.3 is 5.32 Å². The maximum atomic E-state index is 12.0. The Hall–Kier alpha value is -0.900. The molecule has 0 aromatic rings. The highest BCUT2D eigenvalue weighted by Crippen LogP contribution is 2.30. The Morgan fingerprint density at radius 1 is 1.42 bits per heavy atom. The fourth-order valence-corrected chi connectivity index (χ4v) is 0.835. The van der Waals surface area contributed by atoms with Gasteiger partial charge in [-0.05, 0) is 6.08 Å². The molecule has 0 atom stereocenters. The van der Waals surface area contributed by atoms with E-state index in [0.717, 1.165) is 12.3 Å². The van der Waals surface area contributed by atoms with Crippen LogP contribution < -0.4 is 5.32 Å². The molecule has 0 saturated carbocycles. The molecule has 0 saturated heterocycles. The van der Waals surface area contributed by atoms with Crippen molar-refractivity contribution < 1.29 is 13.2 Å². The van der Waals surface area contributed by atoms with Gasteiger partial charge in [-0.1, -0.05) is 18.2 Å². The number of hydrogen-bond acceptors (Lipinski definition) is 1. The lowest BCUT2D eigenvalue weighted by Gasteiger charge is -2.15. The highest BCUT2D eigenvalue weighted by molar-refractivity contribution is 6.32. The van der Waals surface area contributed by atoms with Crippen LogP contribution in [-0.4, -0.2) is 6.18 Å². The highest BCUT2D eigenvalue weighted by Gasteiger charge is 2.33. The number of dihydropyridines is 1. The summed E-state index contributed by atoms with van der Waals surface area (Å²) in [6.45, 7) is 3.39. The molecule has 1 rings (SSSR count). The second-order valence-corrected chi connectivity index (χ2v) is 2.62. The van der Waals surface area contributed by atoms with Crippen LogP contribution in [0.15, 0.2) is 35.2 Å². The third-order valence-corrected chi connectivity index (χ3v) is 1.64. The zero-order valence-corrected chi connectivity index (χ0v) is 6.63. The van der Waals surface area contributed by atoms with Crippen molar-refractivity contribution in [3.63, 3.8) is 0 Å². The van der Waals surface area contributed by atoms with Gasteiger partial charge in [0.25, 0.3) is 0 Å². The van der Waals surface area contributed by atoms with E-state index in [-0.39, 0.29) is 10.7 Å². The lowest BCUT2D eigenvalue weighted by Crippen LogP contribution is -2.18. The molecule has 1 aliphatic heterocycles. The molecule has 0 fully saturated rings. The Balaban J connectivity index is 2.93. The van der Waals surface area contributed by atoms with Gasteiger partial charge in [0.1, 0.15) is 0 Å². The lowest BCUT2D eigenvalue weighted by atomic mass is 10.2. The molecule has 1 nitrogen and oxygen atoms in total. The van der Waals surface area contributed by atoms with Crippen LogP contribution in [0.4, 0.5) is 13.2 Å². The fraction of sp³-hybridized carbons (Fsp3) is 0.143. The molecule has 66 valence electrons. The first-order valence-corrected chi connectivity index (χ1v) is 3.39. The first kappa shape index (κ1) is 9.19. The van der Waals surface area contributed by atoms with Gasteiger partial charge >= 0.3 is 6.18 Å². The normalized spacial score (nSPS) is 18.2. The van der Waals surface area contributed by atoms with Crippen molar-refractivity contribution in [3.8, 4) is 0 Å². The van der Waals surface area contributed by atoms with E-state index in [1.165, 1.54) is 0 Å². The number of nitrogens with one attached hydrogen (secondary N) is 1. The summed E-state index contributed by atoms with van der Waals surface area (Å²) in [6.07, 6.45) is -2.71. The van der Waals surface area contributed by atoms with Gasteiger partial charge in [-0.2, -0.15) is 13.2 Å². The van der Waals surface area contributed by atoms with Crippen LogP contribution in [0.25, 0.3) is 0 Å². The number of alkyl halides is 3. The summed E-state index contributed by atoms with van der Waals surface area (Å²) >= 11 is 5.43. The summed E-state index contributed by atoms with van der Waals surface area (Å²) in [4.78, 5) is 0. The Labute approximate surface area is 72.2 Å². The molecule has 1 heterocycles. The van der Waals surface area contributed by atoms with Gasteiger partial charge in [0.2, 0.25) is 0 Å². The Morgan fingerprint density at radius 3 is 2.42 bits per heavy atom. The molecular weight excluding hydrogens is 191 g/mol. The molecule has 0 spiro atoms. The van der Waals surface area contributed by atoms with Crippen molar-refractivity contribution in [2.24, 2.45) is 0 Å². The van der Waals surface area contributed by atoms with Crippen molar-refractivity contribution in [1.82, 2.24) is 5.32 Å². The van der Waals surface area contributed by atoms with Crippen LogP contribution >= 0.6 is 11.6 Å². The molecule has 0 bridgehead atoms. The average Bonchev–Trinajstić information content (AvgIpc) is 1.92. The maximum Gasteiger partial charge on any atom is 0.417 e. The SMILES string of the molecule is C=C1NC=C(C(F)(F)F)C=C1Cl. The predicted molar refractivity (Wildman–Crippen MR) is 40.3 cm³/mol. The third-order valence-electron chi connectivity index (χ3n) is 1.30. The van der Waals surface area contributed by atoms with Gasteiger partial charge in [0.05, 0.1) is 10.6 Å². The highest BCUT2D eigenvalue weighted by atomic mass is 35.5. The van der Waals surface area contributed by atoms with E-state index < -0.39 is 11.7 Å². The van der Waals surface area contributed by atoms with E-state index in [0.29, 0.717) is 0 Å². The van der Waals surface area contributed by atoms with Crippen LogP contribution in [0.2, 0.25) is 0 Å². The van der Waals surface area contributed by atoms with E-state index in [1.54, 1.807) is 0 Å². The van der Waals surface area contributed by atoms with Gasteiger partial charge in [0, 0.05) is 11.9 Å². The fourth-order valence-electron chi connectivity index (χ4n) is 0.663. The van der Waals surface area contributed by atoms with Crippen LogP contribution in [-0.2, 0) is 0 Å². The van der Waals surface area contributed by atoms with Crippen molar-refractivity contribution >= 4 is 11.6 Å². The molecule has 1 aliphatic rings. The number of allylic oxidation sites excluding steroid dienone is 3. The first-order chi connectivity index (χ1) is 5.41. The summed E-state index contributed by atoms with van der Waals surface area (Å²) < 4.78 is 36.0. The molecular formula is C7H5ClF3N. The molecule has 0 amide bonds. The Bertz CT molecular complexity index is 275. The quantitative estimate of drug-likeness (QED) is 0.627. The molecule has 12 heavy (non-hydrogen) atoms. The second kappa shape index (κ2) is 2.86. The van der Waals surface area contributed by atoms with E-state index in [2.05, 4.69) is 11.9 Å². The number of rotatable bonds is 0. The maximum absolute atomic E-state index is 12.0. The van der Waals surface area contributed by atoms with E-state index in [1.807, 2.05) is 0 Å². The molecule has 0 aliphatic carbocycles. The molecule has 1 N–H and O–H groups in total. The number of hydrogen-bond donors (Lipinski definition) is 1. The molecule has 0 aromatic heterocycles. The minimum absolute atomic E-state index is 0.0233. The minimum Gasteiger partial charge on any atom is -0.360 e. The number of halogens is 4. The van der Waals surface area contributed by atoms with Crippen molar-refractivity contribution in [1.29, 1.82) is 0 Å². The minimum atomic E-state index is -4.37. The standard InChI is InChI=1S/C7H5ClF3N/c1-4-6(8)2-5(3-12-4)7(9,10)11/h2-3,12H,1H2. The van der Waals surface area contributed by atoms with Crippen molar-refractivity contribution in [2.75, 3.05) is 0 Å². The van der Waals surface area contributed by atoms with Gasteiger partial charge in [-0.3, -0.25) is 0 Å². The Morgan fingerprint density at radius 2 is 2.00 bits per heavy atom. The first-order valence-electron chi connectivity index (χ1n) is 3.01. The van der Waals surface area contributed by atoms with E-state index >= 15 is 0 Å². The van der Waals surface area contributed by atoms with E-state index in [4.69, 9.17) is 11.6 Å². The molecule has 0 radical (unpaired) electrons. The summed E-state index contributed by atoms with van der Waals surface area (Å²) in [5, 5.41) is 2.29. The van der Waals surface area contributed by atoms with Crippen molar-refractivity contribution in [2.45, 2.75) is 6.18 Å². The zero-order valence-electron chi connectivity index (χ0n) is 5.87. The van der Waals surface area contributed by atoms with Crippen LogP contribution in [0, 0.1) is 0 Å². The predicted octanol–water partition coefficient (Wildman–Crippen LogP) is 2.67. The summed E-state index contributed by atoms with van der Waals surface area (Å²) in [5.41, 5.74) is -0.537. The molecule has 0 aromatic carbocycles. The summed E-state index contributed by atoms with van der Waals surface area (Å²) in [6, 6.07) is 0. The summed E-state index contributed by atoms with van der Waals surface area (Å²) in [5.74, 6) is 0. The average molecular weight is 196 g/mol. The molecule has 5 heteroatoms. The zero-order chi connectivity index (χ0) is 9.35. The van der Waals surface area contributed by atoms with Gasteiger partial charge in [0.15, 0.2) is 0 Å². The lowest BCUT2D eigenvalue weighted by molar-refractivity contribution is -0.0886. The monoisotopic (exact) mass is 195 g/mol. The largest absolute Gasteiger partial charge is 0.417 e. The van der Waals surface area contributed by atoms with Crippen LogP contribution in [0.5, 0.6) is 0 Å². The van der Waals surface area contributed by atoms with Crippen LogP contribution in [0.1, 0.15) is 0 Å². The van der Waals surface area contributed by atoms with Crippen molar-refractivity contribution in [3.05, 3.63) is 35.2 Å².